The Labute approximate surface area is 97.8 Å². The molecule has 1 fully saturated rings. The van der Waals surface area contributed by atoms with E-state index in [2.05, 4.69) is 18.7 Å². The topological polar surface area (TPSA) is 20.2 Å². The van der Waals surface area contributed by atoms with Crippen molar-refractivity contribution < 1.29 is 5.11 Å². The highest BCUT2D eigenvalue weighted by atomic mass is 16.3. The molecule has 2 rings (SSSR count). The average molecular weight is 216 g/mol. The van der Waals surface area contributed by atoms with Crippen LogP contribution in [0.4, 0.5) is 0 Å². The Morgan fingerprint density at radius 3 is 2.31 bits per heavy atom. The van der Waals surface area contributed by atoms with Gasteiger partial charge in [-0.15, -0.1) is 6.58 Å². The third kappa shape index (κ3) is 2.66. The molecule has 1 N–H and O–H groups in total. The molecule has 0 radical (unpaired) electrons. The summed E-state index contributed by atoms with van der Waals surface area (Å²) in [6.07, 6.45) is 8.41. The molecule has 0 saturated heterocycles. The van der Waals surface area contributed by atoms with Crippen LogP contribution in [0.3, 0.4) is 0 Å². The molecule has 0 atom stereocenters. The van der Waals surface area contributed by atoms with Crippen LogP contribution in [0.15, 0.2) is 36.9 Å². The predicted molar refractivity (Wildman–Crippen MR) is 67.6 cm³/mol. The number of phenols is 1. The van der Waals surface area contributed by atoms with E-state index < -0.39 is 0 Å². The second kappa shape index (κ2) is 5.20. The quantitative estimate of drug-likeness (QED) is 0.749. The van der Waals surface area contributed by atoms with Gasteiger partial charge in [0.1, 0.15) is 5.75 Å². The first-order valence-electron chi connectivity index (χ1n) is 6.19. The van der Waals surface area contributed by atoms with Crippen LogP contribution < -0.4 is 0 Å². The van der Waals surface area contributed by atoms with Crippen molar-refractivity contribution in [2.45, 2.75) is 38.0 Å². The minimum absolute atomic E-state index is 0.365. The SMILES string of the molecule is C=CC[C@H]1CC[C@H](c2ccc(O)cc2)CC1. The summed E-state index contributed by atoms with van der Waals surface area (Å²) in [4.78, 5) is 0. The van der Waals surface area contributed by atoms with Crippen LogP contribution in [-0.4, -0.2) is 5.11 Å². The Kier molecular flexibility index (Phi) is 3.66. The molecule has 1 aromatic carbocycles. The maximum Gasteiger partial charge on any atom is 0.115 e. The first-order chi connectivity index (χ1) is 7.79. The fraction of sp³-hybridized carbons (Fsp3) is 0.467. The molecule has 1 nitrogen and oxygen atoms in total. The Balaban J connectivity index is 1.93. The molecule has 1 aliphatic carbocycles. The van der Waals surface area contributed by atoms with Crippen molar-refractivity contribution in [1.29, 1.82) is 0 Å². The van der Waals surface area contributed by atoms with Gasteiger partial charge in [-0.1, -0.05) is 18.2 Å². The van der Waals surface area contributed by atoms with Gasteiger partial charge in [0.25, 0.3) is 0 Å². The minimum atomic E-state index is 0.365. The third-order valence-corrected chi connectivity index (χ3v) is 3.71. The van der Waals surface area contributed by atoms with E-state index in [-0.39, 0.29) is 0 Å². The Morgan fingerprint density at radius 2 is 1.75 bits per heavy atom. The van der Waals surface area contributed by atoms with Gasteiger partial charge in [-0.3, -0.25) is 0 Å². The summed E-state index contributed by atoms with van der Waals surface area (Å²) in [5, 5.41) is 9.26. The fourth-order valence-corrected chi connectivity index (χ4v) is 2.71. The van der Waals surface area contributed by atoms with E-state index in [0.29, 0.717) is 11.7 Å². The molecule has 0 heterocycles. The molecular weight excluding hydrogens is 196 g/mol. The summed E-state index contributed by atoms with van der Waals surface area (Å²) < 4.78 is 0. The van der Waals surface area contributed by atoms with Crippen LogP contribution in [0.1, 0.15) is 43.6 Å². The van der Waals surface area contributed by atoms with Crippen molar-refractivity contribution in [2.75, 3.05) is 0 Å². The van der Waals surface area contributed by atoms with Crippen LogP contribution >= 0.6 is 0 Å². The maximum atomic E-state index is 9.26. The van der Waals surface area contributed by atoms with Gasteiger partial charge in [0.15, 0.2) is 0 Å². The fourth-order valence-electron chi connectivity index (χ4n) is 2.71. The highest BCUT2D eigenvalue weighted by Gasteiger charge is 2.21. The molecule has 16 heavy (non-hydrogen) atoms. The lowest BCUT2D eigenvalue weighted by Crippen LogP contribution is -2.12. The molecule has 0 aromatic heterocycles. The van der Waals surface area contributed by atoms with Gasteiger partial charge in [0.2, 0.25) is 0 Å². The summed E-state index contributed by atoms with van der Waals surface area (Å²) in [6, 6.07) is 7.72. The van der Waals surface area contributed by atoms with E-state index in [1.54, 1.807) is 12.1 Å². The molecule has 86 valence electrons. The Hall–Kier alpha value is -1.24. The number of hydrogen-bond acceptors (Lipinski definition) is 1. The Morgan fingerprint density at radius 1 is 1.12 bits per heavy atom. The number of phenolic OH excluding ortho intramolecular Hbond substituents is 1. The zero-order valence-electron chi connectivity index (χ0n) is 9.73. The van der Waals surface area contributed by atoms with Crippen LogP contribution in [0.25, 0.3) is 0 Å². The lowest BCUT2D eigenvalue weighted by atomic mass is 9.77. The second-order valence-corrected chi connectivity index (χ2v) is 4.83. The van der Waals surface area contributed by atoms with Crippen molar-refractivity contribution in [2.24, 2.45) is 5.92 Å². The first kappa shape index (κ1) is 11.3. The molecule has 0 bridgehead atoms. The highest BCUT2D eigenvalue weighted by molar-refractivity contribution is 5.28. The smallest absolute Gasteiger partial charge is 0.115 e. The summed E-state index contributed by atoms with van der Waals surface area (Å²) in [6.45, 7) is 3.81. The standard InChI is InChI=1S/C15H20O/c1-2-3-12-4-6-13(7-5-12)14-8-10-15(16)11-9-14/h2,8-13,16H,1,3-7H2/t12-,13-. The average Bonchev–Trinajstić information content (AvgIpc) is 2.32. The number of hydrogen-bond donors (Lipinski definition) is 1. The Bertz CT molecular complexity index is 331. The lowest BCUT2D eigenvalue weighted by molar-refractivity contribution is 0.328. The monoisotopic (exact) mass is 216 g/mol. The molecule has 1 aromatic rings. The summed E-state index contributed by atoms with van der Waals surface area (Å²) in [7, 11) is 0. The van der Waals surface area contributed by atoms with Crippen LogP contribution in [0.2, 0.25) is 0 Å². The maximum absolute atomic E-state index is 9.26. The second-order valence-electron chi connectivity index (χ2n) is 4.83. The largest absolute Gasteiger partial charge is 0.508 e. The first-order valence-corrected chi connectivity index (χ1v) is 6.19. The van der Waals surface area contributed by atoms with E-state index in [0.717, 1.165) is 5.92 Å². The van der Waals surface area contributed by atoms with E-state index in [1.807, 2.05) is 6.08 Å². The lowest BCUT2D eigenvalue weighted by Gasteiger charge is -2.28. The summed E-state index contributed by atoms with van der Waals surface area (Å²) in [5.41, 5.74) is 1.38. The molecule has 0 spiro atoms. The van der Waals surface area contributed by atoms with Gasteiger partial charge in [-0.25, -0.2) is 0 Å². The molecule has 0 amide bonds. The van der Waals surface area contributed by atoms with E-state index in [4.69, 9.17) is 0 Å². The van der Waals surface area contributed by atoms with E-state index in [1.165, 1.54) is 37.7 Å². The third-order valence-electron chi connectivity index (χ3n) is 3.71. The number of rotatable bonds is 3. The van der Waals surface area contributed by atoms with Gasteiger partial charge in [-0.05, 0) is 61.6 Å². The minimum Gasteiger partial charge on any atom is -0.508 e. The molecule has 1 heteroatoms. The summed E-state index contributed by atoms with van der Waals surface area (Å²) >= 11 is 0. The zero-order chi connectivity index (χ0) is 11.4. The van der Waals surface area contributed by atoms with Crippen molar-refractivity contribution >= 4 is 0 Å². The molecule has 0 unspecified atom stereocenters. The molecule has 1 saturated carbocycles. The van der Waals surface area contributed by atoms with Crippen LogP contribution in [-0.2, 0) is 0 Å². The van der Waals surface area contributed by atoms with Crippen molar-refractivity contribution in [3.05, 3.63) is 42.5 Å². The van der Waals surface area contributed by atoms with Crippen molar-refractivity contribution in [3.63, 3.8) is 0 Å². The highest BCUT2D eigenvalue weighted by Crippen LogP contribution is 2.37. The molecule has 1 aliphatic rings. The van der Waals surface area contributed by atoms with Gasteiger partial charge >= 0.3 is 0 Å². The zero-order valence-corrected chi connectivity index (χ0v) is 9.73. The van der Waals surface area contributed by atoms with Gasteiger partial charge < -0.3 is 5.11 Å². The predicted octanol–water partition coefficient (Wildman–Crippen LogP) is 4.24. The van der Waals surface area contributed by atoms with E-state index in [9.17, 15) is 5.11 Å². The molecule has 0 aliphatic heterocycles. The van der Waals surface area contributed by atoms with Gasteiger partial charge in [0, 0.05) is 0 Å². The van der Waals surface area contributed by atoms with Crippen LogP contribution in [0.5, 0.6) is 5.75 Å². The number of aromatic hydroxyl groups is 1. The number of allylic oxidation sites excluding steroid dienone is 1. The van der Waals surface area contributed by atoms with E-state index >= 15 is 0 Å². The summed E-state index contributed by atoms with van der Waals surface area (Å²) in [5.74, 6) is 1.91. The van der Waals surface area contributed by atoms with Crippen molar-refractivity contribution in [3.8, 4) is 5.75 Å². The molecular formula is C15H20O. The van der Waals surface area contributed by atoms with Gasteiger partial charge in [-0.2, -0.15) is 0 Å². The number of benzene rings is 1. The van der Waals surface area contributed by atoms with Crippen LogP contribution in [0, 0.1) is 5.92 Å². The van der Waals surface area contributed by atoms with Gasteiger partial charge in [0.05, 0.1) is 0 Å². The van der Waals surface area contributed by atoms with Crippen molar-refractivity contribution in [1.82, 2.24) is 0 Å². The normalized spacial score (nSPS) is 25.2.